The Labute approximate surface area is 84.8 Å². The molecule has 14 heavy (non-hydrogen) atoms. The average molecular weight is 198 g/mol. The number of esters is 1. The molecule has 0 aromatic heterocycles. The normalized spacial score (nSPS) is 33.8. The molecule has 0 aromatic rings. The van der Waals surface area contributed by atoms with E-state index in [0.717, 1.165) is 19.1 Å². The van der Waals surface area contributed by atoms with Crippen LogP contribution in [0, 0.1) is 23.7 Å². The molecule has 2 unspecified atom stereocenters. The van der Waals surface area contributed by atoms with Crippen LogP contribution in [0.25, 0.3) is 0 Å². The van der Waals surface area contributed by atoms with Gasteiger partial charge in [0.2, 0.25) is 0 Å². The molecule has 0 radical (unpaired) electrons. The van der Waals surface area contributed by atoms with E-state index < -0.39 is 0 Å². The second-order valence-electron chi connectivity index (χ2n) is 4.24. The SMILES string of the molecule is COC(=O)[C@@H](C)C1CC[C@@H](C)C1C=O. The maximum absolute atomic E-state index is 11.3. The summed E-state index contributed by atoms with van der Waals surface area (Å²) in [5.74, 6) is 0.264. The number of carbonyl (C=O) groups excluding carboxylic acids is 2. The van der Waals surface area contributed by atoms with E-state index in [9.17, 15) is 9.59 Å². The van der Waals surface area contributed by atoms with Crippen LogP contribution < -0.4 is 0 Å². The van der Waals surface area contributed by atoms with E-state index in [1.165, 1.54) is 7.11 Å². The van der Waals surface area contributed by atoms with Gasteiger partial charge in [0.25, 0.3) is 0 Å². The number of methoxy groups -OCH3 is 1. The summed E-state index contributed by atoms with van der Waals surface area (Å²) in [6, 6.07) is 0. The Morgan fingerprint density at radius 1 is 1.50 bits per heavy atom. The number of aldehydes is 1. The van der Waals surface area contributed by atoms with Gasteiger partial charge in [-0.15, -0.1) is 0 Å². The summed E-state index contributed by atoms with van der Waals surface area (Å²) in [6.45, 7) is 3.92. The van der Waals surface area contributed by atoms with Gasteiger partial charge in [0, 0.05) is 5.92 Å². The van der Waals surface area contributed by atoms with Crippen molar-refractivity contribution in [2.45, 2.75) is 26.7 Å². The van der Waals surface area contributed by atoms with Crippen LogP contribution >= 0.6 is 0 Å². The Balaban J connectivity index is 2.68. The minimum atomic E-state index is -0.198. The van der Waals surface area contributed by atoms with Crippen LogP contribution in [0.2, 0.25) is 0 Å². The van der Waals surface area contributed by atoms with Gasteiger partial charge in [-0.25, -0.2) is 0 Å². The van der Waals surface area contributed by atoms with Gasteiger partial charge in [0.1, 0.15) is 6.29 Å². The highest BCUT2D eigenvalue weighted by molar-refractivity contribution is 5.73. The van der Waals surface area contributed by atoms with E-state index in [2.05, 4.69) is 6.92 Å². The van der Waals surface area contributed by atoms with E-state index in [0.29, 0.717) is 5.92 Å². The summed E-state index contributed by atoms with van der Waals surface area (Å²) in [4.78, 5) is 22.2. The van der Waals surface area contributed by atoms with Gasteiger partial charge in [0.15, 0.2) is 0 Å². The standard InChI is InChI=1S/C11H18O3/c1-7-4-5-9(10(7)6-12)8(2)11(13)14-3/h6-10H,4-5H2,1-3H3/t7-,8+,9?,10?/m1/s1. The van der Waals surface area contributed by atoms with E-state index in [4.69, 9.17) is 4.74 Å². The van der Waals surface area contributed by atoms with Crippen molar-refractivity contribution in [1.29, 1.82) is 0 Å². The Hall–Kier alpha value is -0.860. The zero-order valence-electron chi connectivity index (χ0n) is 9.03. The summed E-state index contributed by atoms with van der Waals surface area (Å²) in [5.41, 5.74) is 0. The average Bonchev–Trinajstić information content (AvgIpc) is 2.57. The van der Waals surface area contributed by atoms with Crippen molar-refractivity contribution in [3.8, 4) is 0 Å². The monoisotopic (exact) mass is 198 g/mol. The van der Waals surface area contributed by atoms with Crippen LogP contribution in [-0.4, -0.2) is 19.4 Å². The molecular weight excluding hydrogens is 180 g/mol. The van der Waals surface area contributed by atoms with Gasteiger partial charge in [-0.1, -0.05) is 13.8 Å². The van der Waals surface area contributed by atoms with E-state index >= 15 is 0 Å². The first-order chi connectivity index (χ1) is 6.61. The molecule has 3 heteroatoms. The Morgan fingerprint density at radius 2 is 2.14 bits per heavy atom. The molecule has 0 spiro atoms. The fraction of sp³-hybridized carbons (Fsp3) is 0.818. The van der Waals surface area contributed by atoms with Crippen LogP contribution in [0.3, 0.4) is 0 Å². The predicted octanol–water partition coefficient (Wildman–Crippen LogP) is 1.66. The Kier molecular flexibility index (Phi) is 3.67. The molecule has 0 saturated heterocycles. The molecule has 1 fully saturated rings. The first kappa shape index (κ1) is 11.2. The molecule has 0 N–H and O–H groups in total. The van der Waals surface area contributed by atoms with Crippen LogP contribution in [0.4, 0.5) is 0 Å². The van der Waals surface area contributed by atoms with E-state index in [-0.39, 0.29) is 23.7 Å². The van der Waals surface area contributed by atoms with Gasteiger partial charge in [0.05, 0.1) is 13.0 Å². The van der Waals surface area contributed by atoms with Crippen molar-refractivity contribution < 1.29 is 14.3 Å². The van der Waals surface area contributed by atoms with Crippen LogP contribution in [0.15, 0.2) is 0 Å². The lowest BCUT2D eigenvalue weighted by atomic mass is 9.83. The highest BCUT2D eigenvalue weighted by atomic mass is 16.5. The lowest BCUT2D eigenvalue weighted by molar-refractivity contribution is -0.147. The maximum Gasteiger partial charge on any atom is 0.308 e. The van der Waals surface area contributed by atoms with Crippen LogP contribution in [0.1, 0.15) is 26.7 Å². The molecule has 1 rings (SSSR count). The summed E-state index contributed by atoms with van der Waals surface area (Å²) >= 11 is 0. The topological polar surface area (TPSA) is 43.4 Å². The number of ether oxygens (including phenoxy) is 1. The van der Waals surface area contributed by atoms with Gasteiger partial charge in [-0.3, -0.25) is 4.79 Å². The second-order valence-corrected chi connectivity index (χ2v) is 4.24. The molecule has 0 amide bonds. The number of hydrogen-bond donors (Lipinski definition) is 0. The van der Waals surface area contributed by atoms with E-state index in [1.807, 2.05) is 6.92 Å². The highest BCUT2D eigenvalue weighted by Gasteiger charge is 2.39. The molecule has 0 bridgehead atoms. The minimum absolute atomic E-state index is 0.0316. The second kappa shape index (κ2) is 4.58. The molecular formula is C11H18O3. The fourth-order valence-electron chi connectivity index (χ4n) is 2.44. The summed E-state index contributed by atoms with van der Waals surface area (Å²) in [6.07, 6.45) is 3.00. The minimum Gasteiger partial charge on any atom is -0.469 e. The lowest BCUT2D eigenvalue weighted by Crippen LogP contribution is -2.27. The fourth-order valence-corrected chi connectivity index (χ4v) is 2.44. The number of hydrogen-bond acceptors (Lipinski definition) is 3. The molecule has 1 aliphatic carbocycles. The van der Waals surface area contributed by atoms with Crippen molar-refractivity contribution in [3.63, 3.8) is 0 Å². The summed E-state index contributed by atoms with van der Waals surface area (Å²) < 4.78 is 4.70. The molecule has 0 aromatic carbocycles. The zero-order chi connectivity index (χ0) is 10.7. The Morgan fingerprint density at radius 3 is 2.64 bits per heavy atom. The van der Waals surface area contributed by atoms with Crippen molar-refractivity contribution in [1.82, 2.24) is 0 Å². The lowest BCUT2D eigenvalue weighted by Gasteiger charge is -2.21. The Bertz CT molecular complexity index is 225. The smallest absolute Gasteiger partial charge is 0.308 e. The predicted molar refractivity (Wildman–Crippen MR) is 52.6 cm³/mol. The van der Waals surface area contributed by atoms with Gasteiger partial charge >= 0.3 is 5.97 Å². The van der Waals surface area contributed by atoms with Crippen molar-refractivity contribution >= 4 is 12.3 Å². The van der Waals surface area contributed by atoms with Crippen molar-refractivity contribution in [2.24, 2.45) is 23.7 Å². The van der Waals surface area contributed by atoms with Crippen molar-refractivity contribution in [2.75, 3.05) is 7.11 Å². The number of carbonyl (C=O) groups is 2. The third-order valence-electron chi connectivity index (χ3n) is 3.48. The summed E-state index contributed by atoms with van der Waals surface area (Å²) in [7, 11) is 1.40. The first-order valence-corrected chi connectivity index (χ1v) is 5.15. The molecule has 1 saturated carbocycles. The molecule has 80 valence electrons. The molecule has 1 aliphatic rings. The molecule has 4 atom stereocenters. The third-order valence-corrected chi connectivity index (χ3v) is 3.48. The summed E-state index contributed by atoms with van der Waals surface area (Å²) in [5, 5.41) is 0. The van der Waals surface area contributed by atoms with Crippen LogP contribution in [0.5, 0.6) is 0 Å². The van der Waals surface area contributed by atoms with Gasteiger partial charge in [-0.2, -0.15) is 0 Å². The largest absolute Gasteiger partial charge is 0.469 e. The number of rotatable bonds is 3. The quantitative estimate of drug-likeness (QED) is 0.511. The molecule has 0 aliphatic heterocycles. The molecule has 0 heterocycles. The maximum atomic E-state index is 11.3. The van der Waals surface area contributed by atoms with Gasteiger partial charge < -0.3 is 9.53 Å². The third kappa shape index (κ3) is 1.97. The van der Waals surface area contributed by atoms with Gasteiger partial charge in [-0.05, 0) is 24.7 Å². The highest BCUT2D eigenvalue weighted by Crippen LogP contribution is 2.40. The van der Waals surface area contributed by atoms with E-state index in [1.54, 1.807) is 0 Å². The first-order valence-electron chi connectivity index (χ1n) is 5.15. The molecule has 3 nitrogen and oxygen atoms in total. The zero-order valence-corrected chi connectivity index (χ0v) is 9.03. The van der Waals surface area contributed by atoms with Crippen molar-refractivity contribution in [3.05, 3.63) is 0 Å². The van der Waals surface area contributed by atoms with Crippen LogP contribution in [-0.2, 0) is 14.3 Å².